The Bertz CT molecular complexity index is 882. The monoisotopic (exact) mass is 365 g/mol. The molecule has 0 saturated heterocycles. The summed E-state index contributed by atoms with van der Waals surface area (Å²) in [6.07, 6.45) is -0.146. The molecule has 0 aromatic heterocycles. The number of carbonyl (C=O) groups is 3. The zero-order valence-electron chi connectivity index (χ0n) is 15.6. The average molecular weight is 365 g/mol. The summed E-state index contributed by atoms with van der Waals surface area (Å²) >= 11 is 0. The molecule has 0 saturated carbocycles. The summed E-state index contributed by atoms with van der Waals surface area (Å²) in [6, 6.07) is 13.4. The Labute approximate surface area is 158 Å². The van der Waals surface area contributed by atoms with E-state index in [1.165, 1.54) is 0 Å². The van der Waals surface area contributed by atoms with Crippen molar-refractivity contribution in [1.29, 1.82) is 0 Å². The van der Waals surface area contributed by atoms with Crippen LogP contribution in [0.1, 0.15) is 43.1 Å². The van der Waals surface area contributed by atoms with Crippen molar-refractivity contribution in [1.82, 2.24) is 5.32 Å². The SMILES string of the molecule is CC(C)(C)c1ccc(NC(=O)CC2NC(=O)c3ccccc3NC2=O)cc1. The van der Waals surface area contributed by atoms with Gasteiger partial charge in [0.2, 0.25) is 11.8 Å². The standard InChI is InChI=1S/C21H23N3O3/c1-21(2,3)13-8-10-14(11-9-13)22-18(25)12-17-20(27)23-16-7-5-4-6-15(16)19(26)24-17/h4-11,17H,12H2,1-3H3,(H,22,25)(H,23,27)(H,24,26). The fourth-order valence-corrected chi connectivity index (χ4v) is 2.91. The molecule has 3 rings (SSSR count). The van der Waals surface area contributed by atoms with Gasteiger partial charge in [0, 0.05) is 5.69 Å². The molecule has 1 aliphatic heterocycles. The molecule has 1 aliphatic rings. The minimum absolute atomic E-state index is 0.0280. The van der Waals surface area contributed by atoms with Gasteiger partial charge in [0.05, 0.1) is 17.7 Å². The Morgan fingerprint density at radius 1 is 1.04 bits per heavy atom. The average Bonchev–Trinajstić information content (AvgIpc) is 2.71. The summed E-state index contributed by atoms with van der Waals surface area (Å²) in [4.78, 5) is 37.0. The van der Waals surface area contributed by atoms with Gasteiger partial charge in [-0.25, -0.2) is 0 Å². The first kappa shape index (κ1) is 18.6. The molecule has 6 heteroatoms. The normalized spacial score (nSPS) is 16.6. The maximum Gasteiger partial charge on any atom is 0.254 e. The van der Waals surface area contributed by atoms with E-state index in [-0.39, 0.29) is 23.7 Å². The molecule has 0 spiro atoms. The molecule has 0 aliphatic carbocycles. The van der Waals surface area contributed by atoms with Crippen molar-refractivity contribution in [2.45, 2.75) is 38.6 Å². The number of para-hydroxylation sites is 1. The number of benzene rings is 2. The first-order chi connectivity index (χ1) is 12.7. The molecule has 3 amide bonds. The van der Waals surface area contributed by atoms with Crippen LogP contribution in [0, 0.1) is 0 Å². The third-order valence-corrected chi connectivity index (χ3v) is 4.48. The number of fused-ring (bicyclic) bond motifs is 1. The van der Waals surface area contributed by atoms with Crippen LogP contribution in [0.5, 0.6) is 0 Å². The number of anilines is 2. The predicted molar refractivity (Wildman–Crippen MR) is 105 cm³/mol. The fourth-order valence-electron chi connectivity index (χ4n) is 2.91. The van der Waals surface area contributed by atoms with Crippen molar-refractivity contribution >= 4 is 29.1 Å². The molecule has 1 atom stereocenters. The molecular weight excluding hydrogens is 342 g/mol. The zero-order valence-corrected chi connectivity index (χ0v) is 15.6. The third-order valence-electron chi connectivity index (χ3n) is 4.48. The maximum atomic E-state index is 12.4. The van der Waals surface area contributed by atoms with Crippen LogP contribution in [-0.2, 0) is 15.0 Å². The highest BCUT2D eigenvalue weighted by molar-refractivity contribution is 6.11. The van der Waals surface area contributed by atoms with Gasteiger partial charge in [0.25, 0.3) is 5.91 Å². The molecule has 3 N–H and O–H groups in total. The number of nitrogens with one attached hydrogen (secondary N) is 3. The number of amides is 3. The number of hydrogen-bond donors (Lipinski definition) is 3. The molecule has 2 aromatic rings. The molecule has 140 valence electrons. The highest BCUT2D eigenvalue weighted by Gasteiger charge is 2.29. The topological polar surface area (TPSA) is 87.3 Å². The van der Waals surface area contributed by atoms with Gasteiger partial charge in [-0.2, -0.15) is 0 Å². The van der Waals surface area contributed by atoms with Gasteiger partial charge in [-0.3, -0.25) is 14.4 Å². The van der Waals surface area contributed by atoms with Gasteiger partial charge < -0.3 is 16.0 Å². The summed E-state index contributed by atoms with van der Waals surface area (Å²) in [5.41, 5.74) is 2.66. The van der Waals surface area contributed by atoms with Gasteiger partial charge in [-0.05, 0) is 35.2 Å². The maximum absolute atomic E-state index is 12.4. The second-order valence-electron chi connectivity index (χ2n) is 7.64. The van der Waals surface area contributed by atoms with E-state index in [4.69, 9.17) is 0 Å². The molecule has 1 unspecified atom stereocenters. The lowest BCUT2D eigenvalue weighted by atomic mass is 9.87. The van der Waals surface area contributed by atoms with Crippen LogP contribution in [0.25, 0.3) is 0 Å². The van der Waals surface area contributed by atoms with E-state index in [0.29, 0.717) is 16.9 Å². The molecule has 6 nitrogen and oxygen atoms in total. The molecular formula is C21H23N3O3. The van der Waals surface area contributed by atoms with E-state index in [1.807, 2.05) is 24.3 Å². The van der Waals surface area contributed by atoms with Gasteiger partial charge in [0.1, 0.15) is 6.04 Å². The zero-order chi connectivity index (χ0) is 19.6. The van der Waals surface area contributed by atoms with Crippen molar-refractivity contribution < 1.29 is 14.4 Å². The van der Waals surface area contributed by atoms with E-state index in [2.05, 4.69) is 36.7 Å². The Kier molecular flexibility index (Phi) is 4.99. The Hall–Kier alpha value is -3.15. The molecule has 1 heterocycles. The van der Waals surface area contributed by atoms with Gasteiger partial charge in [-0.1, -0.05) is 45.0 Å². The summed E-state index contributed by atoms with van der Waals surface area (Å²) in [7, 11) is 0. The smallest absolute Gasteiger partial charge is 0.254 e. The molecule has 27 heavy (non-hydrogen) atoms. The van der Waals surface area contributed by atoms with Gasteiger partial charge in [0.15, 0.2) is 0 Å². The highest BCUT2D eigenvalue weighted by atomic mass is 16.2. The second kappa shape index (κ2) is 7.23. The van der Waals surface area contributed by atoms with Crippen LogP contribution in [0.4, 0.5) is 11.4 Å². The van der Waals surface area contributed by atoms with Crippen molar-refractivity contribution in [3.8, 4) is 0 Å². The van der Waals surface area contributed by atoms with Crippen molar-refractivity contribution in [2.75, 3.05) is 10.6 Å². The summed E-state index contributed by atoms with van der Waals surface area (Å²) in [5.74, 6) is -1.13. The highest BCUT2D eigenvalue weighted by Crippen LogP contribution is 2.24. The lowest BCUT2D eigenvalue weighted by molar-refractivity contribution is -0.122. The minimum Gasteiger partial charge on any atom is -0.340 e. The Balaban J connectivity index is 1.66. The van der Waals surface area contributed by atoms with E-state index >= 15 is 0 Å². The number of rotatable bonds is 3. The van der Waals surface area contributed by atoms with Crippen LogP contribution >= 0.6 is 0 Å². The summed E-state index contributed by atoms with van der Waals surface area (Å²) < 4.78 is 0. The van der Waals surface area contributed by atoms with E-state index in [9.17, 15) is 14.4 Å². The quantitative estimate of drug-likeness (QED) is 0.781. The molecule has 0 fully saturated rings. The van der Waals surface area contributed by atoms with Crippen LogP contribution < -0.4 is 16.0 Å². The second-order valence-corrected chi connectivity index (χ2v) is 7.64. The Morgan fingerprint density at radius 2 is 1.70 bits per heavy atom. The van der Waals surface area contributed by atoms with Crippen LogP contribution in [0.15, 0.2) is 48.5 Å². The minimum atomic E-state index is -0.932. The van der Waals surface area contributed by atoms with E-state index < -0.39 is 11.9 Å². The predicted octanol–water partition coefficient (Wildman–Crippen LogP) is 3.06. The first-order valence-electron chi connectivity index (χ1n) is 8.85. The van der Waals surface area contributed by atoms with Crippen LogP contribution in [0.2, 0.25) is 0 Å². The lowest BCUT2D eigenvalue weighted by Crippen LogP contribution is -2.43. The number of carbonyl (C=O) groups excluding carboxylic acids is 3. The summed E-state index contributed by atoms with van der Waals surface area (Å²) in [6.45, 7) is 6.35. The molecule has 0 bridgehead atoms. The van der Waals surface area contributed by atoms with Crippen molar-refractivity contribution in [2.24, 2.45) is 0 Å². The van der Waals surface area contributed by atoms with Crippen LogP contribution in [0.3, 0.4) is 0 Å². The summed E-state index contributed by atoms with van der Waals surface area (Å²) in [5, 5.41) is 8.09. The van der Waals surface area contributed by atoms with Crippen molar-refractivity contribution in [3.05, 3.63) is 59.7 Å². The fraction of sp³-hybridized carbons (Fsp3) is 0.286. The van der Waals surface area contributed by atoms with E-state index in [1.54, 1.807) is 24.3 Å². The van der Waals surface area contributed by atoms with Crippen molar-refractivity contribution in [3.63, 3.8) is 0 Å². The van der Waals surface area contributed by atoms with E-state index in [0.717, 1.165) is 5.56 Å². The largest absolute Gasteiger partial charge is 0.340 e. The van der Waals surface area contributed by atoms with Gasteiger partial charge in [-0.15, -0.1) is 0 Å². The molecule has 2 aromatic carbocycles. The number of hydrogen-bond acceptors (Lipinski definition) is 3. The lowest BCUT2D eigenvalue weighted by Gasteiger charge is -2.19. The Morgan fingerprint density at radius 3 is 2.37 bits per heavy atom. The molecule has 0 radical (unpaired) electrons. The van der Waals surface area contributed by atoms with Gasteiger partial charge >= 0.3 is 0 Å². The van der Waals surface area contributed by atoms with Crippen LogP contribution in [-0.4, -0.2) is 23.8 Å². The third kappa shape index (κ3) is 4.34. The first-order valence-corrected chi connectivity index (χ1v) is 8.85.